The summed E-state index contributed by atoms with van der Waals surface area (Å²) in [5.41, 5.74) is 3.33. The van der Waals surface area contributed by atoms with Gasteiger partial charge >= 0.3 is 5.97 Å². The molecule has 1 aliphatic rings. The molecular weight excluding hydrogens is 266 g/mol. The van der Waals surface area contributed by atoms with Gasteiger partial charge in [-0.05, 0) is 42.5 Å². The van der Waals surface area contributed by atoms with Crippen molar-refractivity contribution in [2.24, 2.45) is 0 Å². The molecule has 0 saturated heterocycles. The number of fused-ring (bicyclic) bond motifs is 1. The summed E-state index contributed by atoms with van der Waals surface area (Å²) < 4.78 is 0. The molecule has 0 bridgehead atoms. The Hall–Kier alpha value is -2.49. The second kappa shape index (κ2) is 5.13. The third-order valence-corrected chi connectivity index (χ3v) is 3.94. The van der Waals surface area contributed by atoms with E-state index in [9.17, 15) is 15.0 Å². The van der Waals surface area contributed by atoms with Crippen molar-refractivity contribution in [1.29, 1.82) is 0 Å². The molecule has 4 heteroatoms. The number of hydrogen-bond donors (Lipinski definition) is 3. The van der Waals surface area contributed by atoms with Crippen LogP contribution in [0.15, 0.2) is 36.4 Å². The molecule has 108 valence electrons. The molecule has 0 amide bonds. The fourth-order valence-electron chi connectivity index (χ4n) is 2.84. The lowest BCUT2D eigenvalue weighted by atomic mass is 9.88. The Bertz CT molecular complexity index is 695. The summed E-state index contributed by atoms with van der Waals surface area (Å²) in [6.45, 7) is 2.03. The molecule has 21 heavy (non-hydrogen) atoms. The highest BCUT2D eigenvalue weighted by Gasteiger charge is 2.25. The maximum Gasteiger partial charge on any atom is 0.339 e. The number of benzene rings is 2. The first-order chi connectivity index (χ1) is 10.1. The zero-order chi connectivity index (χ0) is 15.0. The minimum atomic E-state index is -1.12. The van der Waals surface area contributed by atoms with Crippen molar-refractivity contribution in [3.8, 4) is 16.9 Å². The molecule has 0 fully saturated rings. The van der Waals surface area contributed by atoms with Gasteiger partial charge < -0.3 is 15.5 Å². The molecule has 0 aromatic heterocycles. The fourth-order valence-corrected chi connectivity index (χ4v) is 2.84. The molecule has 1 aliphatic heterocycles. The molecule has 3 N–H and O–H groups in total. The van der Waals surface area contributed by atoms with E-state index in [1.807, 2.05) is 37.3 Å². The number of carboxylic acids is 1. The van der Waals surface area contributed by atoms with Gasteiger partial charge in [-0.25, -0.2) is 4.79 Å². The molecule has 0 aliphatic carbocycles. The van der Waals surface area contributed by atoms with Crippen molar-refractivity contribution in [3.05, 3.63) is 47.5 Å². The van der Waals surface area contributed by atoms with E-state index in [0.717, 1.165) is 29.5 Å². The summed E-state index contributed by atoms with van der Waals surface area (Å²) in [5.74, 6) is -1.28. The van der Waals surface area contributed by atoms with Gasteiger partial charge in [0.15, 0.2) is 5.75 Å². The van der Waals surface area contributed by atoms with Crippen molar-refractivity contribution in [2.75, 3.05) is 5.32 Å². The lowest BCUT2D eigenvalue weighted by Crippen LogP contribution is -2.23. The molecular formula is C17H17NO3. The molecule has 0 radical (unpaired) electrons. The summed E-state index contributed by atoms with van der Waals surface area (Å²) in [6, 6.07) is 11.5. The molecule has 0 saturated carbocycles. The highest BCUT2D eigenvalue weighted by atomic mass is 16.4. The Morgan fingerprint density at radius 2 is 2.00 bits per heavy atom. The third-order valence-electron chi connectivity index (χ3n) is 3.94. The topological polar surface area (TPSA) is 69.6 Å². The van der Waals surface area contributed by atoms with E-state index in [-0.39, 0.29) is 17.4 Å². The third kappa shape index (κ3) is 2.33. The second-order valence-corrected chi connectivity index (χ2v) is 5.43. The van der Waals surface area contributed by atoms with Crippen LogP contribution in [0.5, 0.6) is 5.75 Å². The Balaban J connectivity index is 2.27. The van der Waals surface area contributed by atoms with Crippen LogP contribution in [-0.2, 0) is 6.42 Å². The van der Waals surface area contributed by atoms with Crippen LogP contribution in [0, 0.1) is 0 Å². The fraction of sp³-hybridized carbons (Fsp3) is 0.235. The van der Waals surface area contributed by atoms with Gasteiger partial charge in [0.2, 0.25) is 0 Å². The number of phenols is 1. The quantitative estimate of drug-likeness (QED) is 0.738. The summed E-state index contributed by atoms with van der Waals surface area (Å²) in [6.07, 6.45) is 1.78. The van der Waals surface area contributed by atoms with Crippen molar-refractivity contribution < 1.29 is 15.0 Å². The zero-order valence-electron chi connectivity index (χ0n) is 11.8. The number of rotatable bonds is 2. The molecule has 2 aromatic carbocycles. The Morgan fingerprint density at radius 3 is 2.67 bits per heavy atom. The van der Waals surface area contributed by atoms with E-state index in [0.29, 0.717) is 5.69 Å². The van der Waals surface area contributed by atoms with E-state index in [4.69, 9.17) is 0 Å². The first kappa shape index (κ1) is 13.5. The number of carboxylic acid groups (broad SMARTS) is 1. The standard InChI is InChI=1S/C17H17NO3/c1-10-7-8-12-13(11-5-3-2-4-6-11)9-14(17(20)21)16(19)15(12)18-10/h2-6,9-10,18-19H,7-8H2,1H3,(H,20,21). The predicted molar refractivity (Wildman–Crippen MR) is 81.9 cm³/mol. The van der Waals surface area contributed by atoms with Crippen LogP contribution in [0.4, 0.5) is 5.69 Å². The largest absolute Gasteiger partial charge is 0.505 e. The van der Waals surface area contributed by atoms with Crippen molar-refractivity contribution in [3.63, 3.8) is 0 Å². The molecule has 1 atom stereocenters. The molecule has 0 spiro atoms. The average Bonchev–Trinajstić information content (AvgIpc) is 2.48. The van der Waals surface area contributed by atoms with Gasteiger partial charge in [0, 0.05) is 6.04 Å². The van der Waals surface area contributed by atoms with Crippen LogP contribution in [0.3, 0.4) is 0 Å². The number of nitrogens with one attached hydrogen (secondary N) is 1. The summed E-state index contributed by atoms with van der Waals surface area (Å²) in [7, 11) is 0. The van der Waals surface area contributed by atoms with Crippen molar-refractivity contribution >= 4 is 11.7 Å². The van der Waals surface area contributed by atoms with Crippen LogP contribution in [0.25, 0.3) is 11.1 Å². The van der Waals surface area contributed by atoms with Crippen LogP contribution in [0.1, 0.15) is 29.3 Å². The Labute approximate surface area is 123 Å². The second-order valence-electron chi connectivity index (χ2n) is 5.43. The maximum atomic E-state index is 11.4. The van der Waals surface area contributed by atoms with E-state index in [1.165, 1.54) is 0 Å². The van der Waals surface area contributed by atoms with Crippen molar-refractivity contribution in [2.45, 2.75) is 25.8 Å². The molecule has 2 aromatic rings. The summed E-state index contributed by atoms with van der Waals surface area (Å²) in [5, 5.41) is 22.8. The molecule has 3 rings (SSSR count). The summed E-state index contributed by atoms with van der Waals surface area (Å²) >= 11 is 0. The van der Waals surface area contributed by atoms with Gasteiger partial charge in [-0.15, -0.1) is 0 Å². The van der Waals surface area contributed by atoms with Crippen LogP contribution < -0.4 is 5.32 Å². The van der Waals surface area contributed by atoms with Gasteiger partial charge in [-0.1, -0.05) is 30.3 Å². The highest BCUT2D eigenvalue weighted by molar-refractivity contribution is 5.97. The number of aromatic hydroxyl groups is 1. The van der Waals surface area contributed by atoms with Gasteiger partial charge in [0.1, 0.15) is 5.56 Å². The average molecular weight is 283 g/mol. The number of hydrogen-bond acceptors (Lipinski definition) is 3. The number of aromatic carboxylic acids is 1. The first-order valence-corrected chi connectivity index (χ1v) is 7.02. The SMILES string of the molecule is CC1CCc2c(-c3ccccc3)cc(C(=O)O)c(O)c2N1. The molecule has 1 unspecified atom stereocenters. The number of anilines is 1. The van der Waals surface area contributed by atoms with Gasteiger partial charge in [-0.2, -0.15) is 0 Å². The highest BCUT2D eigenvalue weighted by Crippen LogP contribution is 2.42. The van der Waals surface area contributed by atoms with E-state index >= 15 is 0 Å². The van der Waals surface area contributed by atoms with Gasteiger partial charge in [0.05, 0.1) is 5.69 Å². The van der Waals surface area contributed by atoms with Crippen LogP contribution in [-0.4, -0.2) is 22.2 Å². The minimum absolute atomic E-state index is 0.0609. The molecule has 4 nitrogen and oxygen atoms in total. The van der Waals surface area contributed by atoms with Gasteiger partial charge in [0.25, 0.3) is 0 Å². The van der Waals surface area contributed by atoms with E-state index in [2.05, 4.69) is 5.32 Å². The van der Waals surface area contributed by atoms with E-state index < -0.39 is 5.97 Å². The lowest BCUT2D eigenvalue weighted by molar-refractivity contribution is 0.0694. The van der Waals surface area contributed by atoms with Crippen LogP contribution >= 0.6 is 0 Å². The molecule has 1 heterocycles. The summed E-state index contributed by atoms with van der Waals surface area (Å²) in [4.78, 5) is 11.4. The minimum Gasteiger partial charge on any atom is -0.505 e. The van der Waals surface area contributed by atoms with E-state index in [1.54, 1.807) is 6.07 Å². The van der Waals surface area contributed by atoms with Crippen LogP contribution in [0.2, 0.25) is 0 Å². The first-order valence-electron chi connectivity index (χ1n) is 7.02. The zero-order valence-corrected chi connectivity index (χ0v) is 11.8. The van der Waals surface area contributed by atoms with Crippen molar-refractivity contribution in [1.82, 2.24) is 0 Å². The Morgan fingerprint density at radius 1 is 1.29 bits per heavy atom. The Kier molecular flexibility index (Phi) is 3.29. The maximum absolute atomic E-state index is 11.4. The lowest BCUT2D eigenvalue weighted by Gasteiger charge is -2.28. The van der Waals surface area contributed by atoms with Gasteiger partial charge in [-0.3, -0.25) is 0 Å². The smallest absolute Gasteiger partial charge is 0.339 e. The normalized spacial score (nSPS) is 16.9. The monoisotopic (exact) mass is 283 g/mol. The predicted octanol–water partition coefficient (Wildman–Crippen LogP) is 3.50. The number of carbonyl (C=O) groups is 1.